The fourth-order valence-electron chi connectivity index (χ4n) is 3.47. The molecule has 30 heavy (non-hydrogen) atoms. The van der Waals surface area contributed by atoms with Gasteiger partial charge in [0.25, 0.3) is 0 Å². The third-order valence-corrected chi connectivity index (χ3v) is 6.87. The van der Waals surface area contributed by atoms with Crippen LogP contribution >= 0.6 is 0 Å². The van der Waals surface area contributed by atoms with Crippen LogP contribution in [0.15, 0.2) is 47.4 Å². The van der Waals surface area contributed by atoms with Crippen molar-refractivity contribution >= 4 is 26.4 Å². The Morgan fingerprint density at radius 1 is 1.10 bits per heavy atom. The van der Waals surface area contributed by atoms with E-state index in [4.69, 9.17) is 5.10 Å². The van der Waals surface area contributed by atoms with Gasteiger partial charge in [0.05, 0.1) is 17.2 Å². The highest BCUT2D eigenvalue weighted by Crippen LogP contribution is 2.31. The Bertz CT molecular complexity index is 1340. The number of sulfonamides is 1. The van der Waals surface area contributed by atoms with Crippen molar-refractivity contribution in [3.05, 3.63) is 53.9 Å². The minimum atomic E-state index is -3.81. The molecular formula is C21H23N5O3S. The van der Waals surface area contributed by atoms with Crippen molar-refractivity contribution in [3.8, 4) is 11.3 Å². The molecule has 8 nitrogen and oxygen atoms in total. The third kappa shape index (κ3) is 3.45. The maximum absolute atomic E-state index is 13.0. The molecule has 0 bridgehead atoms. The van der Waals surface area contributed by atoms with Crippen molar-refractivity contribution in [1.29, 1.82) is 0 Å². The van der Waals surface area contributed by atoms with Gasteiger partial charge in [-0.25, -0.2) is 13.1 Å². The van der Waals surface area contributed by atoms with Gasteiger partial charge >= 0.3 is 0 Å². The highest BCUT2D eigenvalue weighted by atomic mass is 32.2. The van der Waals surface area contributed by atoms with E-state index >= 15 is 0 Å². The van der Waals surface area contributed by atoms with Crippen LogP contribution in [-0.4, -0.2) is 46.0 Å². The first-order chi connectivity index (χ1) is 14.4. The third-order valence-electron chi connectivity index (χ3n) is 5.21. The molecule has 0 saturated carbocycles. The van der Waals surface area contributed by atoms with E-state index < -0.39 is 16.1 Å². The van der Waals surface area contributed by atoms with E-state index in [1.54, 1.807) is 23.6 Å². The highest BCUT2D eigenvalue weighted by Gasteiger charge is 2.22. The van der Waals surface area contributed by atoms with Gasteiger partial charge in [0, 0.05) is 22.4 Å². The van der Waals surface area contributed by atoms with Gasteiger partial charge in [0.1, 0.15) is 0 Å². The lowest BCUT2D eigenvalue weighted by Gasteiger charge is -2.16. The molecule has 0 saturated heterocycles. The van der Waals surface area contributed by atoms with E-state index in [1.165, 1.54) is 0 Å². The van der Waals surface area contributed by atoms with Crippen LogP contribution in [0.5, 0.6) is 0 Å². The number of aliphatic hydroxyl groups is 1. The fourth-order valence-corrected chi connectivity index (χ4v) is 5.05. The van der Waals surface area contributed by atoms with Crippen LogP contribution in [0.2, 0.25) is 0 Å². The van der Waals surface area contributed by atoms with Gasteiger partial charge in [0.15, 0.2) is 11.5 Å². The first kappa shape index (κ1) is 20.4. The van der Waals surface area contributed by atoms with Crippen LogP contribution in [0, 0.1) is 13.8 Å². The van der Waals surface area contributed by atoms with Crippen molar-refractivity contribution in [2.24, 2.45) is 0 Å². The zero-order valence-corrected chi connectivity index (χ0v) is 17.8. The van der Waals surface area contributed by atoms with Crippen LogP contribution in [0.25, 0.3) is 27.7 Å². The molecule has 0 aliphatic carbocycles. The van der Waals surface area contributed by atoms with Crippen molar-refractivity contribution in [3.63, 3.8) is 0 Å². The van der Waals surface area contributed by atoms with Crippen LogP contribution in [0.4, 0.5) is 0 Å². The van der Waals surface area contributed by atoms with Gasteiger partial charge in [-0.15, -0.1) is 10.2 Å². The van der Waals surface area contributed by atoms with Gasteiger partial charge in [-0.05, 0) is 31.9 Å². The monoisotopic (exact) mass is 425 g/mol. The van der Waals surface area contributed by atoms with Gasteiger partial charge in [0.2, 0.25) is 10.0 Å². The van der Waals surface area contributed by atoms with E-state index in [0.717, 1.165) is 10.8 Å². The van der Waals surface area contributed by atoms with E-state index in [9.17, 15) is 13.5 Å². The average molecular weight is 426 g/mol. The molecule has 9 heteroatoms. The molecule has 2 N–H and O–H groups in total. The Morgan fingerprint density at radius 3 is 2.53 bits per heavy atom. The van der Waals surface area contributed by atoms with Gasteiger partial charge in [-0.1, -0.05) is 43.3 Å². The molecule has 0 aliphatic rings. The maximum atomic E-state index is 13.0. The summed E-state index contributed by atoms with van der Waals surface area (Å²) in [6.07, 6.45) is 0.490. The molecule has 156 valence electrons. The number of benzene rings is 2. The van der Waals surface area contributed by atoms with Gasteiger partial charge in [-0.3, -0.25) is 0 Å². The number of rotatable bonds is 6. The fraction of sp³-hybridized carbons (Fsp3) is 0.286. The number of hydrogen-bond acceptors (Lipinski definition) is 6. The summed E-state index contributed by atoms with van der Waals surface area (Å²) < 4.78 is 30.2. The summed E-state index contributed by atoms with van der Waals surface area (Å²) in [5, 5.41) is 24.2. The quantitative estimate of drug-likeness (QED) is 0.491. The lowest BCUT2D eigenvalue weighted by atomic mass is 10.0. The number of aliphatic hydroxyl groups excluding tert-OH is 1. The van der Waals surface area contributed by atoms with Gasteiger partial charge < -0.3 is 5.11 Å². The summed E-state index contributed by atoms with van der Waals surface area (Å²) in [7, 11) is -3.81. The number of nitrogens with zero attached hydrogens (tertiary/aromatic N) is 4. The Balaban J connectivity index is 1.93. The number of aryl methyl sites for hydroxylation is 2. The van der Waals surface area contributed by atoms with Gasteiger partial charge in [-0.2, -0.15) is 9.61 Å². The highest BCUT2D eigenvalue weighted by molar-refractivity contribution is 7.89. The zero-order valence-electron chi connectivity index (χ0n) is 17.0. The SMILES string of the molecule is CC[C@@H](CO)NS(=O)(=O)c1cc(-c2nn3c(C)nnc3c3ccccc23)ccc1C. The smallest absolute Gasteiger partial charge is 0.241 e. The number of fused-ring (bicyclic) bond motifs is 3. The lowest BCUT2D eigenvalue weighted by molar-refractivity contribution is 0.254. The molecule has 2 heterocycles. The molecule has 0 fully saturated rings. The number of nitrogens with one attached hydrogen (secondary N) is 1. The molecule has 0 radical (unpaired) electrons. The largest absolute Gasteiger partial charge is 0.395 e. The molecule has 0 spiro atoms. The first-order valence-electron chi connectivity index (χ1n) is 9.70. The molecule has 0 amide bonds. The Morgan fingerprint density at radius 2 is 1.83 bits per heavy atom. The molecule has 4 aromatic rings. The Hall–Kier alpha value is -2.88. The summed E-state index contributed by atoms with van der Waals surface area (Å²) in [5.74, 6) is 0.646. The Kier molecular flexibility index (Phi) is 5.27. The number of hydrogen-bond donors (Lipinski definition) is 2. The molecule has 0 unspecified atom stereocenters. The molecule has 0 aliphatic heterocycles. The van der Waals surface area contributed by atoms with Crippen molar-refractivity contribution in [2.45, 2.75) is 38.1 Å². The minimum absolute atomic E-state index is 0.165. The number of aromatic nitrogens is 4. The van der Waals surface area contributed by atoms with Crippen LogP contribution < -0.4 is 4.72 Å². The average Bonchev–Trinajstić information content (AvgIpc) is 3.12. The standard InChI is InChI=1S/C21H23N5O3S/c1-4-16(12-27)25-30(28,29)19-11-15(10-9-13(19)2)20-17-7-5-6-8-18(17)21-23-22-14(3)26(21)24-20/h5-11,16,25,27H,4,12H2,1-3H3/t16-/m0/s1. The molecule has 1 atom stereocenters. The van der Waals surface area contributed by atoms with Crippen LogP contribution in [0.3, 0.4) is 0 Å². The van der Waals surface area contributed by atoms with Crippen molar-refractivity contribution in [2.75, 3.05) is 6.61 Å². The second-order valence-corrected chi connectivity index (χ2v) is 8.95. The van der Waals surface area contributed by atoms with E-state index in [2.05, 4.69) is 14.9 Å². The summed E-state index contributed by atoms with van der Waals surface area (Å²) in [5.41, 5.74) is 2.59. The summed E-state index contributed by atoms with van der Waals surface area (Å²) in [6.45, 7) is 5.13. The summed E-state index contributed by atoms with van der Waals surface area (Å²) in [4.78, 5) is 0.165. The van der Waals surface area contributed by atoms with E-state index in [0.29, 0.717) is 34.7 Å². The topological polar surface area (TPSA) is 109 Å². The maximum Gasteiger partial charge on any atom is 0.241 e. The van der Waals surface area contributed by atoms with Crippen molar-refractivity contribution in [1.82, 2.24) is 24.5 Å². The summed E-state index contributed by atoms with van der Waals surface area (Å²) in [6, 6.07) is 12.4. The molecule has 2 aromatic carbocycles. The normalized spacial score (nSPS) is 13.2. The second-order valence-electron chi connectivity index (χ2n) is 7.27. The van der Waals surface area contributed by atoms with E-state index in [-0.39, 0.29) is 11.5 Å². The van der Waals surface area contributed by atoms with E-state index in [1.807, 2.05) is 44.2 Å². The second kappa shape index (κ2) is 7.75. The summed E-state index contributed by atoms with van der Waals surface area (Å²) >= 11 is 0. The molecule has 2 aromatic heterocycles. The predicted molar refractivity (Wildman–Crippen MR) is 115 cm³/mol. The van der Waals surface area contributed by atoms with Crippen molar-refractivity contribution < 1.29 is 13.5 Å². The Labute approximate surface area is 174 Å². The first-order valence-corrected chi connectivity index (χ1v) is 11.2. The predicted octanol–water partition coefficient (Wildman–Crippen LogP) is 2.61. The molecular weight excluding hydrogens is 402 g/mol. The minimum Gasteiger partial charge on any atom is -0.395 e. The lowest BCUT2D eigenvalue weighted by Crippen LogP contribution is -2.37. The van der Waals surface area contributed by atoms with Crippen LogP contribution in [0.1, 0.15) is 24.7 Å². The molecule has 4 rings (SSSR count). The van der Waals surface area contributed by atoms with Crippen LogP contribution in [-0.2, 0) is 10.0 Å². The zero-order chi connectivity index (χ0) is 21.5.